The molecule has 1 rings (SSSR count). The smallest absolute Gasteiger partial charge is 0.132 e. The number of carboxylic acids is 1. The van der Waals surface area contributed by atoms with Crippen molar-refractivity contribution in [3.8, 4) is 0 Å². The summed E-state index contributed by atoms with van der Waals surface area (Å²) in [6.07, 6.45) is 7.79. The van der Waals surface area contributed by atoms with Gasteiger partial charge < -0.3 is 14.4 Å². The number of likely N-dealkylation sites (N-methyl/N-ethyl adjacent to an activating group) is 1. The number of carbonyl (C=O) groups excluding carboxylic acids is 1. The van der Waals surface area contributed by atoms with Crippen LogP contribution in [-0.2, 0) is 11.2 Å². The lowest BCUT2D eigenvalue weighted by Crippen LogP contribution is -2.58. The van der Waals surface area contributed by atoms with Crippen LogP contribution in [0.3, 0.4) is 0 Å². The van der Waals surface area contributed by atoms with Crippen molar-refractivity contribution in [3.63, 3.8) is 0 Å². The van der Waals surface area contributed by atoms with Gasteiger partial charge in [0.25, 0.3) is 0 Å². The molecule has 1 aromatic carbocycles. The number of benzene rings is 1. The topological polar surface area (TPSA) is 40.1 Å². The van der Waals surface area contributed by atoms with Gasteiger partial charge in [0.1, 0.15) is 6.04 Å². The lowest BCUT2D eigenvalue weighted by molar-refractivity contribution is -0.893. The summed E-state index contributed by atoms with van der Waals surface area (Å²) in [7, 11) is 5.86. The molecule has 0 saturated heterocycles. The van der Waals surface area contributed by atoms with Crippen LogP contribution in [0, 0.1) is 5.92 Å². The first-order chi connectivity index (χ1) is 10.9. The molecular formula is C20H33NO2. The molecule has 3 nitrogen and oxygen atoms in total. The van der Waals surface area contributed by atoms with E-state index in [1.54, 1.807) is 0 Å². The van der Waals surface area contributed by atoms with Crippen LogP contribution < -0.4 is 5.11 Å². The molecule has 0 amide bonds. The van der Waals surface area contributed by atoms with Crippen LogP contribution in [-0.4, -0.2) is 37.6 Å². The molecule has 0 aromatic heterocycles. The first-order valence-corrected chi connectivity index (χ1v) is 8.92. The number of hydrogen-bond acceptors (Lipinski definition) is 2. The largest absolute Gasteiger partial charge is 0.544 e. The van der Waals surface area contributed by atoms with Gasteiger partial charge in [0.05, 0.1) is 27.1 Å². The second-order valence-electron chi connectivity index (χ2n) is 7.53. The van der Waals surface area contributed by atoms with Gasteiger partial charge in [-0.2, -0.15) is 0 Å². The number of aliphatic carboxylic acids is 1. The van der Waals surface area contributed by atoms with Crippen LogP contribution >= 0.6 is 0 Å². The summed E-state index contributed by atoms with van der Waals surface area (Å²) in [6.45, 7) is 2.21. The molecule has 0 aliphatic carbocycles. The zero-order valence-corrected chi connectivity index (χ0v) is 15.3. The van der Waals surface area contributed by atoms with Crippen LogP contribution in [0.15, 0.2) is 30.3 Å². The van der Waals surface area contributed by atoms with Gasteiger partial charge in [0.15, 0.2) is 0 Å². The molecule has 0 heterocycles. The maximum Gasteiger partial charge on any atom is 0.132 e. The molecule has 1 aromatic rings. The highest BCUT2D eigenvalue weighted by atomic mass is 16.4. The first kappa shape index (κ1) is 19.7. The first-order valence-electron chi connectivity index (χ1n) is 8.92. The molecule has 2 unspecified atom stereocenters. The van der Waals surface area contributed by atoms with Crippen LogP contribution in [0.5, 0.6) is 0 Å². The molecule has 23 heavy (non-hydrogen) atoms. The quantitative estimate of drug-likeness (QED) is 0.464. The van der Waals surface area contributed by atoms with Crippen molar-refractivity contribution in [1.82, 2.24) is 0 Å². The van der Waals surface area contributed by atoms with E-state index < -0.39 is 12.0 Å². The van der Waals surface area contributed by atoms with Crippen LogP contribution in [0.4, 0.5) is 0 Å². The Morgan fingerprint density at radius 1 is 1.04 bits per heavy atom. The van der Waals surface area contributed by atoms with E-state index in [-0.39, 0.29) is 5.92 Å². The van der Waals surface area contributed by atoms with Gasteiger partial charge in [-0.15, -0.1) is 0 Å². The Hall–Kier alpha value is -1.35. The van der Waals surface area contributed by atoms with E-state index in [4.69, 9.17) is 0 Å². The summed E-state index contributed by atoms with van der Waals surface area (Å²) in [5.74, 6) is -0.809. The normalized spacial score (nSPS) is 14.4. The van der Waals surface area contributed by atoms with Gasteiger partial charge in [-0.3, -0.25) is 0 Å². The molecule has 0 bridgehead atoms. The SMILES string of the molecule is CCCCCCCC(Cc1ccccc1)C(C(=O)[O-])[N+](C)(C)C. The molecule has 0 fully saturated rings. The van der Waals surface area contributed by atoms with Crippen molar-refractivity contribution in [1.29, 1.82) is 0 Å². The van der Waals surface area contributed by atoms with Crippen LogP contribution in [0.1, 0.15) is 51.0 Å². The minimum Gasteiger partial charge on any atom is -0.544 e. The number of carboxylic acid groups (broad SMARTS) is 1. The van der Waals surface area contributed by atoms with Gasteiger partial charge in [0, 0.05) is 5.92 Å². The van der Waals surface area contributed by atoms with Crippen LogP contribution in [0.2, 0.25) is 0 Å². The van der Waals surface area contributed by atoms with E-state index in [1.807, 2.05) is 39.3 Å². The molecule has 0 aliphatic heterocycles. The third-order valence-electron chi connectivity index (χ3n) is 4.54. The van der Waals surface area contributed by atoms with Gasteiger partial charge in [-0.05, 0) is 18.4 Å². The Morgan fingerprint density at radius 2 is 1.65 bits per heavy atom. The fourth-order valence-corrected chi connectivity index (χ4v) is 3.44. The maximum atomic E-state index is 11.8. The monoisotopic (exact) mass is 319 g/mol. The summed E-state index contributed by atoms with van der Waals surface area (Å²) < 4.78 is 0.412. The van der Waals surface area contributed by atoms with E-state index in [0.717, 1.165) is 19.3 Å². The number of quaternary nitrogens is 1. The van der Waals surface area contributed by atoms with Gasteiger partial charge in [-0.1, -0.05) is 69.4 Å². The minimum absolute atomic E-state index is 0.115. The second-order valence-corrected chi connectivity index (χ2v) is 7.53. The zero-order valence-electron chi connectivity index (χ0n) is 15.3. The molecule has 2 atom stereocenters. The lowest BCUT2D eigenvalue weighted by atomic mass is 9.86. The molecule has 130 valence electrons. The highest BCUT2D eigenvalue weighted by Gasteiger charge is 2.33. The van der Waals surface area contributed by atoms with Crippen LogP contribution in [0.25, 0.3) is 0 Å². The molecule has 0 radical (unpaired) electrons. The molecular weight excluding hydrogens is 286 g/mol. The maximum absolute atomic E-state index is 11.8. The predicted octanol–water partition coefficient (Wildman–Crippen LogP) is 3.03. The summed E-state index contributed by atoms with van der Waals surface area (Å²) in [6, 6.07) is 9.75. The third-order valence-corrected chi connectivity index (χ3v) is 4.54. The van der Waals surface area contributed by atoms with Crippen molar-refractivity contribution in [3.05, 3.63) is 35.9 Å². The van der Waals surface area contributed by atoms with E-state index in [9.17, 15) is 9.90 Å². The number of unbranched alkanes of at least 4 members (excludes halogenated alkanes) is 4. The van der Waals surface area contributed by atoms with Gasteiger partial charge in [0.2, 0.25) is 0 Å². The van der Waals surface area contributed by atoms with E-state index in [0.29, 0.717) is 4.48 Å². The lowest BCUT2D eigenvalue weighted by Gasteiger charge is -2.40. The van der Waals surface area contributed by atoms with E-state index >= 15 is 0 Å². The zero-order chi connectivity index (χ0) is 17.3. The Bertz CT molecular complexity index is 450. The Morgan fingerprint density at radius 3 is 2.17 bits per heavy atom. The Labute approximate surface area is 141 Å². The number of rotatable bonds is 11. The van der Waals surface area contributed by atoms with Crippen molar-refractivity contribution in [2.75, 3.05) is 21.1 Å². The van der Waals surface area contributed by atoms with E-state index in [2.05, 4.69) is 19.1 Å². The van der Waals surface area contributed by atoms with Crippen molar-refractivity contribution < 1.29 is 14.4 Å². The summed E-state index contributed by atoms with van der Waals surface area (Å²) in [5, 5.41) is 11.8. The Kier molecular flexibility index (Phi) is 8.32. The Balaban J connectivity index is 2.79. The number of nitrogens with zero attached hydrogens (tertiary/aromatic N) is 1. The molecule has 3 heteroatoms. The van der Waals surface area contributed by atoms with Gasteiger partial charge in [-0.25, -0.2) is 0 Å². The van der Waals surface area contributed by atoms with Gasteiger partial charge >= 0.3 is 0 Å². The molecule has 0 spiro atoms. The number of hydrogen-bond donors (Lipinski definition) is 0. The third kappa shape index (κ3) is 7.17. The summed E-state index contributed by atoms with van der Waals surface area (Å²) in [5.41, 5.74) is 1.21. The molecule has 0 saturated carbocycles. The standard InChI is InChI=1S/C20H33NO2/c1-5-6-7-8-12-15-18(16-17-13-10-9-11-14-17)19(20(22)23)21(2,3)4/h9-11,13-14,18-19H,5-8,12,15-16H2,1-4H3. The molecule has 0 N–H and O–H groups in total. The summed E-state index contributed by atoms with van der Waals surface area (Å²) >= 11 is 0. The minimum atomic E-state index is -0.924. The predicted molar refractivity (Wildman–Crippen MR) is 93.8 cm³/mol. The van der Waals surface area contributed by atoms with Crippen molar-refractivity contribution in [2.24, 2.45) is 5.92 Å². The number of carbonyl (C=O) groups is 1. The average molecular weight is 319 g/mol. The fraction of sp³-hybridized carbons (Fsp3) is 0.650. The highest BCUT2D eigenvalue weighted by Crippen LogP contribution is 2.25. The summed E-state index contributed by atoms with van der Waals surface area (Å²) in [4.78, 5) is 11.8. The van der Waals surface area contributed by atoms with Crippen molar-refractivity contribution >= 4 is 5.97 Å². The average Bonchev–Trinajstić information content (AvgIpc) is 2.46. The van der Waals surface area contributed by atoms with Crippen molar-refractivity contribution in [2.45, 2.75) is 57.9 Å². The van der Waals surface area contributed by atoms with E-state index in [1.165, 1.54) is 31.2 Å². The molecule has 0 aliphatic rings. The fourth-order valence-electron chi connectivity index (χ4n) is 3.44. The second kappa shape index (κ2) is 9.71. The highest BCUT2D eigenvalue weighted by molar-refractivity contribution is 5.70.